The van der Waals surface area contributed by atoms with E-state index in [0.29, 0.717) is 25.2 Å². The summed E-state index contributed by atoms with van der Waals surface area (Å²) in [6.45, 7) is 11.5. The van der Waals surface area contributed by atoms with Gasteiger partial charge in [0.15, 0.2) is 0 Å². The average Bonchev–Trinajstić information content (AvgIpc) is 2.60. The number of rotatable bonds is 3. The minimum Gasteiger partial charge on any atom is -0.465 e. The third-order valence-electron chi connectivity index (χ3n) is 2.75. The Bertz CT molecular complexity index is 220. The van der Waals surface area contributed by atoms with Gasteiger partial charge in [0.05, 0.1) is 13.2 Å². The molecule has 82 valence electrons. The van der Waals surface area contributed by atoms with Gasteiger partial charge in [0.1, 0.15) is 0 Å². The van der Waals surface area contributed by atoms with Crippen LogP contribution in [0, 0.1) is 5.41 Å². The van der Waals surface area contributed by atoms with Crippen molar-refractivity contribution in [2.75, 3.05) is 13.2 Å². The summed E-state index contributed by atoms with van der Waals surface area (Å²) in [7, 11) is 0. The highest BCUT2D eigenvalue weighted by molar-refractivity contribution is 5.72. The van der Waals surface area contributed by atoms with Crippen molar-refractivity contribution < 1.29 is 9.53 Å². The van der Waals surface area contributed by atoms with Crippen molar-refractivity contribution >= 4 is 5.97 Å². The van der Waals surface area contributed by atoms with Crippen LogP contribution in [-0.2, 0) is 9.53 Å². The number of esters is 1. The summed E-state index contributed by atoms with van der Waals surface area (Å²) in [6.07, 6.45) is 0. The second-order valence-electron chi connectivity index (χ2n) is 5.03. The Balaban J connectivity index is 2.39. The van der Waals surface area contributed by atoms with Crippen molar-refractivity contribution in [3.05, 3.63) is 0 Å². The van der Waals surface area contributed by atoms with E-state index in [1.165, 1.54) is 0 Å². The standard InChI is InChI=1S/C11H21NO2/c1-6-14-9(13)7-12-8(2)10(12)11(3,4)5/h8,10H,6-7H2,1-5H3. The molecule has 1 saturated heterocycles. The van der Waals surface area contributed by atoms with E-state index in [4.69, 9.17) is 4.74 Å². The van der Waals surface area contributed by atoms with E-state index in [9.17, 15) is 4.79 Å². The fourth-order valence-corrected chi connectivity index (χ4v) is 2.23. The Morgan fingerprint density at radius 2 is 2.00 bits per heavy atom. The van der Waals surface area contributed by atoms with Crippen LogP contribution in [0.1, 0.15) is 34.6 Å². The van der Waals surface area contributed by atoms with Crippen molar-refractivity contribution in [1.29, 1.82) is 0 Å². The monoisotopic (exact) mass is 199 g/mol. The molecule has 0 spiro atoms. The van der Waals surface area contributed by atoms with Crippen LogP contribution >= 0.6 is 0 Å². The van der Waals surface area contributed by atoms with E-state index in [2.05, 4.69) is 32.6 Å². The summed E-state index contributed by atoms with van der Waals surface area (Å²) in [4.78, 5) is 13.4. The van der Waals surface area contributed by atoms with E-state index in [-0.39, 0.29) is 11.4 Å². The highest BCUT2D eigenvalue weighted by atomic mass is 16.5. The molecule has 0 bridgehead atoms. The van der Waals surface area contributed by atoms with Gasteiger partial charge in [0, 0.05) is 12.1 Å². The second-order valence-corrected chi connectivity index (χ2v) is 5.03. The van der Waals surface area contributed by atoms with Gasteiger partial charge in [-0.3, -0.25) is 9.69 Å². The SMILES string of the molecule is CCOC(=O)CN1C(C)C1C(C)(C)C. The van der Waals surface area contributed by atoms with Crippen LogP contribution in [-0.4, -0.2) is 36.1 Å². The Hall–Kier alpha value is -0.570. The average molecular weight is 199 g/mol. The van der Waals surface area contributed by atoms with Gasteiger partial charge in [-0.25, -0.2) is 0 Å². The number of hydrogen-bond donors (Lipinski definition) is 0. The summed E-state index contributed by atoms with van der Waals surface area (Å²) in [5.74, 6) is -0.105. The third-order valence-corrected chi connectivity index (χ3v) is 2.75. The molecular formula is C11H21NO2. The van der Waals surface area contributed by atoms with E-state index in [1.807, 2.05) is 6.92 Å². The second kappa shape index (κ2) is 3.89. The molecule has 0 aromatic heterocycles. The lowest BCUT2D eigenvalue weighted by atomic mass is 9.90. The largest absolute Gasteiger partial charge is 0.465 e. The zero-order chi connectivity index (χ0) is 10.9. The molecule has 0 aliphatic carbocycles. The molecule has 0 aromatic rings. The van der Waals surface area contributed by atoms with Crippen molar-refractivity contribution in [2.24, 2.45) is 5.41 Å². The molecule has 0 aromatic carbocycles. The molecule has 0 amide bonds. The first-order chi connectivity index (χ1) is 6.38. The molecule has 14 heavy (non-hydrogen) atoms. The Morgan fingerprint density at radius 1 is 1.43 bits per heavy atom. The topological polar surface area (TPSA) is 29.3 Å². The van der Waals surface area contributed by atoms with Gasteiger partial charge in [-0.1, -0.05) is 20.8 Å². The molecule has 3 unspecified atom stereocenters. The quantitative estimate of drug-likeness (QED) is 0.511. The normalized spacial score (nSPS) is 31.4. The van der Waals surface area contributed by atoms with Gasteiger partial charge in [0.25, 0.3) is 0 Å². The predicted octanol–water partition coefficient (Wildman–Crippen LogP) is 1.67. The summed E-state index contributed by atoms with van der Waals surface area (Å²) in [5.41, 5.74) is 0.256. The van der Waals surface area contributed by atoms with Gasteiger partial charge in [-0.05, 0) is 19.3 Å². The third kappa shape index (κ3) is 2.47. The van der Waals surface area contributed by atoms with E-state index < -0.39 is 0 Å². The molecule has 3 nitrogen and oxygen atoms in total. The van der Waals surface area contributed by atoms with Crippen LogP contribution in [0.2, 0.25) is 0 Å². The van der Waals surface area contributed by atoms with Crippen LogP contribution in [0.4, 0.5) is 0 Å². The number of carbonyl (C=O) groups excluding carboxylic acids is 1. The number of ether oxygens (including phenoxy) is 1. The maximum absolute atomic E-state index is 11.2. The highest BCUT2D eigenvalue weighted by Crippen LogP contribution is 2.40. The number of hydrogen-bond acceptors (Lipinski definition) is 3. The van der Waals surface area contributed by atoms with Crippen LogP contribution in [0.25, 0.3) is 0 Å². The molecule has 1 aliphatic rings. The lowest BCUT2D eigenvalue weighted by molar-refractivity contribution is -0.143. The Labute approximate surface area is 86.4 Å². The molecule has 1 heterocycles. The van der Waals surface area contributed by atoms with Crippen LogP contribution < -0.4 is 0 Å². The first-order valence-corrected chi connectivity index (χ1v) is 5.29. The van der Waals surface area contributed by atoms with Gasteiger partial charge in [-0.15, -0.1) is 0 Å². The van der Waals surface area contributed by atoms with Crippen LogP contribution in [0.3, 0.4) is 0 Å². The first-order valence-electron chi connectivity index (χ1n) is 5.29. The maximum Gasteiger partial charge on any atom is 0.320 e. The number of nitrogens with zero attached hydrogens (tertiary/aromatic N) is 1. The lowest BCUT2D eigenvalue weighted by Gasteiger charge is -2.17. The molecular weight excluding hydrogens is 178 g/mol. The number of carbonyl (C=O) groups is 1. The van der Waals surface area contributed by atoms with E-state index in [1.54, 1.807) is 0 Å². The summed E-state index contributed by atoms with van der Waals surface area (Å²) >= 11 is 0. The maximum atomic E-state index is 11.2. The minimum atomic E-state index is -0.105. The zero-order valence-corrected chi connectivity index (χ0v) is 9.83. The zero-order valence-electron chi connectivity index (χ0n) is 9.83. The van der Waals surface area contributed by atoms with Gasteiger partial charge < -0.3 is 4.74 Å². The summed E-state index contributed by atoms with van der Waals surface area (Å²) < 4.78 is 4.92. The first kappa shape index (κ1) is 11.5. The highest BCUT2D eigenvalue weighted by Gasteiger charge is 2.51. The van der Waals surface area contributed by atoms with E-state index >= 15 is 0 Å². The smallest absolute Gasteiger partial charge is 0.320 e. The molecule has 3 atom stereocenters. The molecule has 0 saturated carbocycles. The molecule has 3 heteroatoms. The molecule has 1 fully saturated rings. The Kier molecular flexibility index (Phi) is 3.20. The van der Waals surface area contributed by atoms with Crippen molar-refractivity contribution in [3.63, 3.8) is 0 Å². The van der Waals surface area contributed by atoms with E-state index in [0.717, 1.165) is 0 Å². The van der Waals surface area contributed by atoms with Crippen LogP contribution in [0.15, 0.2) is 0 Å². The van der Waals surface area contributed by atoms with Gasteiger partial charge in [0.2, 0.25) is 0 Å². The van der Waals surface area contributed by atoms with Crippen molar-refractivity contribution in [3.8, 4) is 0 Å². The molecule has 0 N–H and O–H groups in total. The molecule has 1 aliphatic heterocycles. The lowest BCUT2D eigenvalue weighted by Crippen LogP contribution is -2.23. The molecule has 1 rings (SSSR count). The fraction of sp³-hybridized carbons (Fsp3) is 0.909. The van der Waals surface area contributed by atoms with Gasteiger partial charge in [-0.2, -0.15) is 0 Å². The van der Waals surface area contributed by atoms with Crippen molar-refractivity contribution in [1.82, 2.24) is 4.90 Å². The van der Waals surface area contributed by atoms with Crippen molar-refractivity contribution in [2.45, 2.75) is 46.7 Å². The van der Waals surface area contributed by atoms with Gasteiger partial charge >= 0.3 is 5.97 Å². The Morgan fingerprint density at radius 3 is 2.36 bits per heavy atom. The minimum absolute atomic E-state index is 0.105. The summed E-state index contributed by atoms with van der Waals surface area (Å²) in [6, 6.07) is 1.03. The molecule has 0 radical (unpaired) electrons. The van der Waals surface area contributed by atoms with Crippen LogP contribution in [0.5, 0.6) is 0 Å². The summed E-state index contributed by atoms with van der Waals surface area (Å²) in [5, 5.41) is 0. The predicted molar refractivity (Wildman–Crippen MR) is 56.0 cm³/mol. The fourth-order valence-electron chi connectivity index (χ4n) is 2.23.